The molecule has 0 N–H and O–H groups in total. The summed E-state index contributed by atoms with van der Waals surface area (Å²) >= 11 is 0. The Morgan fingerprint density at radius 2 is 1.83 bits per heavy atom. The molecule has 0 radical (unpaired) electrons. The average molecular weight is 326 g/mol. The molecule has 0 aliphatic carbocycles. The summed E-state index contributed by atoms with van der Waals surface area (Å²) in [6.45, 7) is 7.36. The quantitative estimate of drug-likeness (QED) is 0.845. The fourth-order valence-electron chi connectivity index (χ4n) is 4.10. The Hall–Kier alpha value is -1.72. The largest absolute Gasteiger partial charge is 0.424 e. The van der Waals surface area contributed by atoms with Crippen LogP contribution in [0.3, 0.4) is 0 Å². The lowest BCUT2D eigenvalue weighted by Crippen LogP contribution is -2.43. The van der Waals surface area contributed by atoms with Crippen LogP contribution in [0.2, 0.25) is 0 Å². The Morgan fingerprint density at radius 1 is 1.00 bits per heavy atom. The molecule has 2 atom stereocenters. The third-order valence-corrected chi connectivity index (χ3v) is 5.30. The second-order valence-corrected chi connectivity index (χ2v) is 7.15. The van der Waals surface area contributed by atoms with Crippen molar-refractivity contribution >= 4 is 0 Å². The van der Waals surface area contributed by atoms with Crippen LogP contribution < -0.4 is 0 Å². The van der Waals surface area contributed by atoms with Crippen molar-refractivity contribution < 1.29 is 4.42 Å². The Labute approximate surface area is 143 Å². The first-order valence-corrected chi connectivity index (χ1v) is 9.11. The molecule has 5 nitrogen and oxygen atoms in total. The molecule has 4 heterocycles. The van der Waals surface area contributed by atoms with Crippen LogP contribution in [0.15, 0.2) is 34.7 Å². The van der Waals surface area contributed by atoms with Crippen molar-refractivity contribution in [1.82, 2.24) is 20.0 Å². The summed E-state index contributed by atoms with van der Waals surface area (Å²) in [5, 5.41) is 8.29. The molecule has 2 aromatic rings. The first kappa shape index (κ1) is 15.8. The SMILES string of the molecule is CCc1nnc(CN2C[C@@H]3CC[C@H](C2)N(Cc2ccccc2)C3)o1. The van der Waals surface area contributed by atoms with E-state index in [0.717, 1.165) is 50.3 Å². The molecule has 0 saturated carbocycles. The Balaban J connectivity index is 1.42. The molecule has 0 unspecified atom stereocenters. The van der Waals surface area contributed by atoms with Crippen LogP contribution in [0, 0.1) is 5.92 Å². The summed E-state index contributed by atoms with van der Waals surface area (Å²) in [5.74, 6) is 2.26. The first-order valence-electron chi connectivity index (χ1n) is 9.11. The van der Waals surface area contributed by atoms with Gasteiger partial charge in [0.15, 0.2) is 0 Å². The summed E-state index contributed by atoms with van der Waals surface area (Å²) in [7, 11) is 0. The third-order valence-electron chi connectivity index (χ3n) is 5.30. The van der Waals surface area contributed by atoms with Gasteiger partial charge in [-0.2, -0.15) is 0 Å². The monoisotopic (exact) mass is 326 g/mol. The molecular weight excluding hydrogens is 300 g/mol. The topological polar surface area (TPSA) is 45.4 Å². The van der Waals surface area contributed by atoms with Gasteiger partial charge in [0.25, 0.3) is 0 Å². The van der Waals surface area contributed by atoms with E-state index in [9.17, 15) is 0 Å². The van der Waals surface area contributed by atoms with Gasteiger partial charge in [0, 0.05) is 38.6 Å². The maximum Gasteiger partial charge on any atom is 0.230 e. The normalized spacial score (nSPS) is 25.0. The number of hydrogen-bond donors (Lipinski definition) is 0. The zero-order chi connectivity index (χ0) is 16.4. The van der Waals surface area contributed by atoms with E-state index in [4.69, 9.17) is 4.42 Å². The minimum absolute atomic E-state index is 0.637. The molecule has 5 rings (SSSR count). The van der Waals surface area contributed by atoms with Crippen molar-refractivity contribution in [3.8, 4) is 0 Å². The van der Waals surface area contributed by atoms with E-state index in [1.165, 1.54) is 24.9 Å². The third kappa shape index (κ3) is 3.52. The number of aryl methyl sites for hydroxylation is 1. The lowest BCUT2D eigenvalue weighted by Gasteiger charge is -2.36. The molecule has 1 aromatic heterocycles. The fraction of sp³-hybridized carbons (Fsp3) is 0.579. The van der Waals surface area contributed by atoms with Gasteiger partial charge in [0.1, 0.15) is 0 Å². The second-order valence-electron chi connectivity index (χ2n) is 7.15. The van der Waals surface area contributed by atoms with Crippen molar-refractivity contribution in [3.05, 3.63) is 47.7 Å². The molecule has 3 saturated heterocycles. The standard InChI is InChI=1S/C19H26N4O/c1-2-18-20-21-19(24-18)14-22-10-16-8-9-17(13-22)23(12-16)11-15-6-4-3-5-7-15/h3-7,16-17H,2,8-14H2,1H3/t16-,17+/m0/s1. The van der Waals surface area contributed by atoms with Crippen LogP contribution in [-0.2, 0) is 19.5 Å². The maximum absolute atomic E-state index is 5.71. The van der Waals surface area contributed by atoms with Crippen LogP contribution in [0.25, 0.3) is 0 Å². The highest BCUT2D eigenvalue weighted by atomic mass is 16.4. The van der Waals surface area contributed by atoms with E-state index >= 15 is 0 Å². The van der Waals surface area contributed by atoms with Crippen molar-refractivity contribution in [3.63, 3.8) is 0 Å². The molecule has 24 heavy (non-hydrogen) atoms. The summed E-state index contributed by atoms with van der Waals surface area (Å²) in [6.07, 6.45) is 3.46. The molecular formula is C19H26N4O. The highest BCUT2D eigenvalue weighted by Gasteiger charge is 2.35. The number of hydrogen-bond acceptors (Lipinski definition) is 5. The van der Waals surface area contributed by atoms with Crippen LogP contribution >= 0.6 is 0 Å². The van der Waals surface area contributed by atoms with E-state index in [0.29, 0.717) is 6.04 Å². The zero-order valence-corrected chi connectivity index (χ0v) is 14.4. The summed E-state index contributed by atoms with van der Waals surface area (Å²) < 4.78 is 5.71. The minimum atomic E-state index is 0.637. The number of rotatable bonds is 5. The van der Waals surface area contributed by atoms with Crippen LogP contribution in [-0.4, -0.2) is 45.7 Å². The number of fused-ring (bicyclic) bond motifs is 4. The van der Waals surface area contributed by atoms with Crippen LogP contribution in [0.5, 0.6) is 0 Å². The molecule has 128 valence electrons. The van der Waals surface area contributed by atoms with Gasteiger partial charge in [-0.05, 0) is 24.3 Å². The number of aromatic nitrogens is 2. The molecule has 3 aliphatic rings. The van der Waals surface area contributed by atoms with Gasteiger partial charge in [-0.3, -0.25) is 9.80 Å². The molecule has 0 amide bonds. The molecule has 0 spiro atoms. The van der Waals surface area contributed by atoms with Crippen molar-refractivity contribution in [2.24, 2.45) is 5.92 Å². The highest BCUT2D eigenvalue weighted by molar-refractivity contribution is 5.15. The van der Waals surface area contributed by atoms with Gasteiger partial charge in [-0.15, -0.1) is 10.2 Å². The lowest BCUT2D eigenvalue weighted by molar-refractivity contribution is 0.122. The fourth-order valence-corrected chi connectivity index (χ4v) is 4.10. The molecule has 5 heteroatoms. The Bertz CT molecular complexity index is 656. The van der Waals surface area contributed by atoms with Crippen molar-refractivity contribution in [2.45, 2.75) is 45.3 Å². The number of piperidine rings is 1. The van der Waals surface area contributed by atoms with E-state index in [2.05, 4.69) is 50.3 Å². The van der Waals surface area contributed by atoms with E-state index in [-0.39, 0.29) is 0 Å². The highest BCUT2D eigenvalue weighted by Crippen LogP contribution is 2.29. The summed E-state index contributed by atoms with van der Waals surface area (Å²) in [5.41, 5.74) is 1.42. The lowest BCUT2D eigenvalue weighted by atomic mass is 9.94. The predicted octanol–water partition coefficient (Wildman–Crippen LogP) is 2.73. The van der Waals surface area contributed by atoms with Gasteiger partial charge < -0.3 is 4.42 Å². The van der Waals surface area contributed by atoms with Gasteiger partial charge in [-0.25, -0.2) is 0 Å². The van der Waals surface area contributed by atoms with Crippen molar-refractivity contribution in [1.29, 1.82) is 0 Å². The summed E-state index contributed by atoms with van der Waals surface area (Å²) in [6, 6.07) is 11.5. The second kappa shape index (κ2) is 7.03. The number of nitrogens with zero attached hydrogens (tertiary/aromatic N) is 4. The Morgan fingerprint density at radius 3 is 2.62 bits per heavy atom. The van der Waals surface area contributed by atoms with Gasteiger partial charge >= 0.3 is 0 Å². The van der Waals surface area contributed by atoms with E-state index < -0.39 is 0 Å². The van der Waals surface area contributed by atoms with Crippen LogP contribution in [0.4, 0.5) is 0 Å². The van der Waals surface area contributed by atoms with Gasteiger partial charge in [-0.1, -0.05) is 37.3 Å². The van der Waals surface area contributed by atoms with Crippen molar-refractivity contribution in [2.75, 3.05) is 19.6 Å². The minimum Gasteiger partial charge on any atom is -0.424 e. The zero-order valence-electron chi connectivity index (χ0n) is 14.4. The predicted molar refractivity (Wildman–Crippen MR) is 92.3 cm³/mol. The average Bonchev–Trinajstić information content (AvgIpc) is 2.88. The van der Waals surface area contributed by atoms with E-state index in [1.807, 2.05) is 6.92 Å². The summed E-state index contributed by atoms with van der Waals surface area (Å²) in [4.78, 5) is 5.19. The Kier molecular flexibility index (Phi) is 4.63. The maximum atomic E-state index is 5.71. The molecule has 3 fully saturated rings. The van der Waals surface area contributed by atoms with E-state index in [1.54, 1.807) is 0 Å². The molecule has 3 aliphatic heterocycles. The molecule has 2 bridgehead atoms. The number of benzene rings is 1. The van der Waals surface area contributed by atoms with Gasteiger partial charge in [0.2, 0.25) is 11.8 Å². The first-order chi connectivity index (χ1) is 11.8. The molecule has 1 aromatic carbocycles. The van der Waals surface area contributed by atoms with Crippen LogP contribution in [0.1, 0.15) is 37.1 Å². The van der Waals surface area contributed by atoms with Gasteiger partial charge in [0.05, 0.1) is 6.54 Å². The smallest absolute Gasteiger partial charge is 0.230 e.